The average molecular weight is 326 g/mol. The number of nitrogens with zero attached hydrogens (tertiary/aromatic N) is 2. The zero-order chi connectivity index (χ0) is 14.8. The van der Waals surface area contributed by atoms with Gasteiger partial charge in [0.1, 0.15) is 10.6 Å². The van der Waals surface area contributed by atoms with Crippen molar-refractivity contribution < 1.29 is 5.11 Å². The quantitative estimate of drug-likeness (QED) is 0.838. The van der Waals surface area contributed by atoms with Crippen molar-refractivity contribution in [1.82, 2.24) is 9.97 Å². The third-order valence-corrected chi connectivity index (χ3v) is 5.42. The first kappa shape index (κ1) is 15.0. The fourth-order valence-corrected chi connectivity index (χ4v) is 4.13. The fraction of sp³-hybridized carbons (Fsp3) is 0.600. The molecule has 4 nitrogen and oxygen atoms in total. The van der Waals surface area contributed by atoms with Crippen LogP contribution in [0.15, 0.2) is 6.07 Å². The number of thiophene rings is 1. The second kappa shape index (κ2) is 6.46. The molecule has 0 bridgehead atoms. The van der Waals surface area contributed by atoms with Crippen LogP contribution in [-0.4, -0.2) is 27.7 Å². The summed E-state index contributed by atoms with van der Waals surface area (Å²) in [6, 6.07) is 2.15. The Morgan fingerprint density at radius 2 is 2.29 bits per heavy atom. The van der Waals surface area contributed by atoms with Crippen LogP contribution in [0.4, 0.5) is 5.82 Å². The molecule has 2 N–H and O–H groups in total. The second-order valence-electron chi connectivity index (χ2n) is 5.69. The van der Waals surface area contributed by atoms with E-state index in [2.05, 4.69) is 28.3 Å². The standard InChI is InChI=1S/C15H20ClN3OS/c1-2-11-7-12-13(18-15(16)19-14(12)21-11)17-8-9-4-3-5-10(20)6-9/h7,9-10,20H,2-6,8H2,1H3,(H,17,18,19). The van der Waals surface area contributed by atoms with E-state index in [1.54, 1.807) is 11.3 Å². The van der Waals surface area contributed by atoms with Gasteiger partial charge in [-0.15, -0.1) is 11.3 Å². The van der Waals surface area contributed by atoms with E-state index in [4.69, 9.17) is 11.6 Å². The molecule has 2 aromatic rings. The molecule has 1 fully saturated rings. The number of aliphatic hydroxyl groups is 1. The van der Waals surface area contributed by atoms with Crippen molar-refractivity contribution in [1.29, 1.82) is 0 Å². The third-order valence-electron chi connectivity index (χ3n) is 4.08. The van der Waals surface area contributed by atoms with Gasteiger partial charge in [0.2, 0.25) is 5.28 Å². The Labute approximate surface area is 133 Å². The summed E-state index contributed by atoms with van der Waals surface area (Å²) in [6.07, 6.45) is 4.92. The summed E-state index contributed by atoms with van der Waals surface area (Å²) in [6.45, 7) is 2.97. The lowest BCUT2D eigenvalue weighted by molar-refractivity contribution is 0.104. The molecule has 21 heavy (non-hydrogen) atoms. The van der Waals surface area contributed by atoms with Crippen LogP contribution in [0.5, 0.6) is 0 Å². The van der Waals surface area contributed by atoms with Gasteiger partial charge in [0, 0.05) is 11.4 Å². The van der Waals surface area contributed by atoms with Crippen LogP contribution < -0.4 is 5.32 Å². The number of fused-ring (bicyclic) bond motifs is 1. The molecule has 0 aromatic carbocycles. The molecule has 1 aliphatic rings. The third kappa shape index (κ3) is 3.47. The largest absolute Gasteiger partial charge is 0.393 e. The molecular weight excluding hydrogens is 306 g/mol. The highest BCUT2D eigenvalue weighted by atomic mass is 35.5. The normalized spacial score (nSPS) is 22.6. The van der Waals surface area contributed by atoms with E-state index >= 15 is 0 Å². The Morgan fingerprint density at radius 3 is 3.05 bits per heavy atom. The van der Waals surface area contributed by atoms with Crippen molar-refractivity contribution in [3.63, 3.8) is 0 Å². The zero-order valence-electron chi connectivity index (χ0n) is 12.1. The lowest BCUT2D eigenvalue weighted by Crippen LogP contribution is -2.25. The molecule has 2 heterocycles. The van der Waals surface area contributed by atoms with Crippen molar-refractivity contribution >= 4 is 39.0 Å². The van der Waals surface area contributed by atoms with Gasteiger partial charge in [-0.1, -0.05) is 13.3 Å². The Morgan fingerprint density at radius 1 is 1.43 bits per heavy atom. The van der Waals surface area contributed by atoms with Gasteiger partial charge in [0.05, 0.1) is 11.5 Å². The van der Waals surface area contributed by atoms with Crippen LogP contribution in [0.3, 0.4) is 0 Å². The van der Waals surface area contributed by atoms with E-state index < -0.39 is 0 Å². The Hall–Kier alpha value is -0.910. The smallest absolute Gasteiger partial charge is 0.225 e. The van der Waals surface area contributed by atoms with Crippen LogP contribution in [0.2, 0.25) is 5.28 Å². The summed E-state index contributed by atoms with van der Waals surface area (Å²) in [4.78, 5) is 10.9. The first-order chi connectivity index (χ1) is 10.2. The highest BCUT2D eigenvalue weighted by Crippen LogP contribution is 2.31. The Bertz CT molecular complexity index is 631. The van der Waals surface area contributed by atoms with Gasteiger partial charge in [-0.3, -0.25) is 0 Å². The molecule has 0 saturated heterocycles. The van der Waals surface area contributed by atoms with Gasteiger partial charge in [-0.25, -0.2) is 9.97 Å². The molecule has 2 aromatic heterocycles. The van der Waals surface area contributed by atoms with E-state index in [0.717, 1.165) is 54.7 Å². The van der Waals surface area contributed by atoms with Crippen LogP contribution in [0, 0.1) is 5.92 Å². The Balaban J connectivity index is 1.77. The predicted octanol–water partition coefficient (Wildman–Crippen LogP) is 3.87. The number of halogens is 1. The number of aryl methyl sites for hydroxylation is 1. The van der Waals surface area contributed by atoms with Crippen molar-refractivity contribution in [3.8, 4) is 0 Å². The first-order valence-electron chi connectivity index (χ1n) is 7.53. The van der Waals surface area contributed by atoms with Gasteiger partial charge in [-0.05, 0) is 49.3 Å². The number of hydrogen-bond donors (Lipinski definition) is 2. The maximum Gasteiger partial charge on any atom is 0.225 e. The molecule has 3 rings (SSSR count). The number of anilines is 1. The summed E-state index contributed by atoms with van der Waals surface area (Å²) in [7, 11) is 0. The van der Waals surface area contributed by atoms with Gasteiger partial charge in [-0.2, -0.15) is 0 Å². The van der Waals surface area contributed by atoms with Crippen LogP contribution >= 0.6 is 22.9 Å². The SMILES string of the molecule is CCc1cc2c(NCC3CCCC(O)C3)nc(Cl)nc2s1. The van der Waals surface area contributed by atoms with Gasteiger partial charge < -0.3 is 10.4 Å². The van der Waals surface area contributed by atoms with E-state index in [1.807, 2.05) is 0 Å². The van der Waals surface area contributed by atoms with Crippen molar-refractivity contribution in [2.45, 2.75) is 45.1 Å². The minimum absolute atomic E-state index is 0.146. The number of nitrogens with one attached hydrogen (secondary N) is 1. The molecule has 2 atom stereocenters. The average Bonchev–Trinajstić information content (AvgIpc) is 2.87. The van der Waals surface area contributed by atoms with Crippen LogP contribution in [-0.2, 0) is 6.42 Å². The van der Waals surface area contributed by atoms with Gasteiger partial charge >= 0.3 is 0 Å². The molecule has 1 saturated carbocycles. The summed E-state index contributed by atoms with van der Waals surface area (Å²) in [5.41, 5.74) is 0. The van der Waals surface area contributed by atoms with E-state index in [1.165, 1.54) is 4.88 Å². The minimum Gasteiger partial charge on any atom is -0.393 e. The Kier molecular flexibility index (Phi) is 4.62. The van der Waals surface area contributed by atoms with Crippen molar-refractivity contribution in [3.05, 3.63) is 16.2 Å². The monoisotopic (exact) mass is 325 g/mol. The molecular formula is C15H20ClN3OS. The highest BCUT2D eigenvalue weighted by Gasteiger charge is 2.20. The zero-order valence-corrected chi connectivity index (χ0v) is 13.7. The summed E-state index contributed by atoms with van der Waals surface area (Å²) in [5, 5.41) is 14.5. The topological polar surface area (TPSA) is 58.0 Å². The van der Waals surface area contributed by atoms with Crippen molar-refractivity contribution in [2.75, 3.05) is 11.9 Å². The molecule has 2 unspecified atom stereocenters. The molecule has 0 spiro atoms. The molecule has 1 aliphatic carbocycles. The lowest BCUT2D eigenvalue weighted by atomic mass is 9.87. The van der Waals surface area contributed by atoms with E-state index in [9.17, 15) is 5.11 Å². The number of aromatic nitrogens is 2. The predicted molar refractivity (Wildman–Crippen MR) is 88.3 cm³/mol. The van der Waals surface area contributed by atoms with Gasteiger partial charge in [0.25, 0.3) is 0 Å². The minimum atomic E-state index is -0.146. The summed E-state index contributed by atoms with van der Waals surface area (Å²) < 4.78 is 0. The maximum atomic E-state index is 9.76. The summed E-state index contributed by atoms with van der Waals surface area (Å²) in [5.74, 6) is 1.32. The first-order valence-corrected chi connectivity index (χ1v) is 8.73. The molecule has 0 radical (unpaired) electrons. The molecule has 0 aliphatic heterocycles. The van der Waals surface area contributed by atoms with Gasteiger partial charge in [0.15, 0.2) is 0 Å². The number of aliphatic hydroxyl groups excluding tert-OH is 1. The molecule has 0 amide bonds. The molecule has 6 heteroatoms. The van der Waals surface area contributed by atoms with Crippen molar-refractivity contribution in [2.24, 2.45) is 5.92 Å². The number of rotatable bonds is 4. The lowest BCUT2D eigenvalue weighted by Gasteiger charge is -2.26. The summed E-state index contributed by atoms with van der Waals surface area (Å²) >= 11 is 7.70. The van der Waals surface area contributed by atoms with Crippen LogP contribution in [0.1, 0.15) is 37.5 Å². The molecule has 114 valence electrons. The number of hydrogen-bond acceptors (Lipinski definition) is 5. The fourth-order valence-electron chi connectivity index (χ4n) is 2.94. The van der Waals surface area contributed by atoms with E-state index in [-0.39, 0.29) is 11.4 Å². The second-order valence-corrected chi connectivity index (χ2v) is 7.15. The highest BCUT2D eigenvalue weighted by molar-refractivity contribution is 7.18. The maximum absolute atomic E-state index is 9.76. The van der Waals surface area contributed by atoms with E-state index in [0.29, 0.717) is 5.92 Å². The van der Waals surface area contributed by atoms with Crippen LogP contribution in [0.25, 0.3) is 10.2 Å².